The van der Waals surface area contributed by atoms with E-state index in [-0.39, 0.29) is 0 Å². The monoisotopic (exact) mass is 230 g/mol. The topological polar surface area (TPSA) is 15.3 Å². The van der Waals surface area contributed by atoms with Crippen LogP contribution >= 0.6 is 0 Å². The van der Waals surface area contributed by atoms with Gasteiger partial charge in [0.2, 0.25) is 0 Å². The molecule has 1 saturated carbocycles. The van der Waals surface area contributed by atoms with Crippen molar-refractivity contribution < 1.29 is 0 Å². The van der Waals surface area contributed by atoms with Gasteiger partial charge in [0, 0.05) is 25.2 Å². The molecule has 92 valence electrons. The van der Waals surface area contributed by atoms with Crippen LogP contribution in [0.2, 0.25) is 0 Å². The third-order valence-corrected chi connectivity index (χ3v) is 4.23. The van der Waals surface area contributed by atoms with Crippen LogP contribution in [0.25, 0.3) is 0 Å². The lowest BCUT2D eigenvalue weighted by Crippen LogP contribution is -2.53. The standard InChI is InChI=1S/C15H22N2/c1-2-17-11-14(12-6-4-3-5-7-12)16-10-15(17)13-8-9-13/h3-7,13-16H,2,8-11H2,1H3. The summed E-state index contributed by atoms with van der Waals surface area (Å²) in [5, 5.41) is 3.73. The maximum atomic E-state index is 3.73. The van der Waals surface area contributed by atoms with Crippen molar-refractivity contribution in [2.45, 2.75) is 31.8 Å². The Morgan fingerprint density at radius 2 is 2.00 bits per heavy atom. The Hall–Kier alpha value is -0.860. The van der Waals surface area contributed by atoms with Gasteiger partial charge in [-0.25, -0.2) is 0 Å². The van der Waals surface area contributed by atoms with E-state index in [0.29, 0.717) is 6.04 Å². The molecular weight excluding hydrogens is 208 g/mol. The molecular formula is C15H22N2. The normalized spacial score (nSPS) is 30.4. The summed E-state index contributed by atoms with van der Waals surface area (Å²) in [5.41, 5.74) is 1.43. The van der Waals surface area contributed by atoms with E-state index < -0.39 is 0 Å². The smallest absolute Gasteiger partial charge is 0.0449 e. The molecule has 17 heavy (non-hydrogen) atoms. The molecule has 2 unspecified atom stereocenters. The lowest BCUT2D eigenvalue weighted by Gasteiger charge is -2.40. The molecule has 1 saturated heterocycles. The van der Waals surface area contributed by atoms with Crippen molar-refractivity contribution >= 4 is 0 Å². The molecule has 2 nitrogen and oxygen atoms in total. The van der Waals surface area contributed by atoms with Gasteiger partial charge in [0.1, 0.15) is 0 Å². The molecule has 2 fully saturated rings. The fourth-order valence-electron chi connectivity index (χ4n) is 3.04. The molecule has 2 aliphatic rings. The first-order valence-corrected chi connectivity index (χ1v) is 6.91. The fraction of sp³-hybridized carbons (Fsp3) is 0.600. The zero-order valence-corrected chi connectivity index (χ0v) is 10.6. The van der Waals surface area contributed by atoms with Gasteiger partial charge in [-0.3, -0.25) is 4.90 Å². The minimum absolute atomic E-state index is 0.520. The Kier molecular flexibility index (Phi) is 3.17. The van der Waals surface area contributed by atoms with Gasteiger partial charge in [-0.15, -0.1) is 0 Å². The second-order valence-electron chi connectivity index (χ2n) is 5.36. The summed E-state index contributed by atoms with van der Waals surface area (Å²) in [4.78, 5) is 2.67. The van der Waals surface area contributed by atoms with Gasteiger partial charge >= 0.3 is 0 Å². The lowest BCUT2D eigenvalue weighted by molar-refractivity contribution is 0.121. The van der Waals surface area contributed by atoms with Crippen molar-refractivity contribution in [2.75, 3.05) is 19.6 Å². The van der Waals surface area contributed by atoms with Crippen molar-refractivity contribution in [3.8, 4) is 0 Å². The van der Waals surface area contributed by atoms with Crippen molar-refractivity contribution in [3.63, 3.8) is 0 Å². The molecule has 1 heterocycles. The molecule has 1 aromatic carbocycles. The highest BCUT2D eigenvalue weighted by Crippen LogP contribution is 2.37. The van der Waals surface area contributed by atoms with Gasteiger partial charge in [-0.05, 0) is 30.9 Å². The van der Waals surface area contributed by atoms with E-state index in [0.717, 1.165) is 18.5 Å². The van der Waals surface area contributed by atoms with Gasteiger partial charge in [0.15, 0.2) is 0 Å². The number of benzene rings is 1. The van der Waals surface area contributed by atoms with E-state index in [9.17, 15) is 0 Å². The predicted molar refractivity (Wildman–Crippen MR) is 70.9 cm³/mol. The van der Waals surface area contributed by atoms with Crippen molar-refractivity contribution in [3.05, 3.63) is 35.9 Å². The highest BCUT2D eigenvalue weighted by atomic mass is 15.2. The van der Waals surface area contributed by atoms with E-state index in [1.165, 1.54) is 31.5 Å². The van der Waals surface area contributed by atoms with Crippen LogP contribution in [0, 0.1) is 5.92 Å². The third-order valence-electron chi connectivity index (χ3n) is 4.23. The molecule has 0 bridgehead atoms. The zero-order chi connectivity index (χ0) is 11.7. The molecule has 1 aromatic rings. The largest absolute Gasteiger partial charge is 0.307 e. The van der Waals surface area contributed by atoms with E-state index in [1.54, 1.807) is 0 Å². The maximum absolute atomic E-state index is 3.73. The van der Waals surface area contributed by atoms with Gasteiger partial charge < -0.3 is 5.32 Å². The lowest BCUT2D eigenvalue weighted by atomic mass is 10.00. The second kappa shape index (κ2) is 4.79. The maximum Gasteiger partial charge on any atom is 0.0449 e. The molecule has 0 spiro atoms. The summed E-state index contributed by atoms with van der Waals surface area (Å²) in [5.74, 6) is 0.971. The molecule has 0 aromatic heterocycles. The van der Waals surface area contributed by atoms with Crippen LogP contribution in [0.3, 0.4) is 0 Å². The summed E-state index contributed by atoms with van der Waals surface area (Å²) < 4.78 is 0. The van der Waals surface area contributed by atoms with Crippen LogP contribution < -0.4 is 5.32 Å². The predicted octanol–water partition coefficient (Wildman–Crippen LogP) is 2.43. The summed E-state index contributed by atoms with van der Waals surface area (Å²) in [6.45, 7) is 5.81. The molecule has 0 amide bonds. The van der Waals surface area contributed by atoms with Crippen LogP contribution in [0.1, 0.15) is 31.4 Å². The molecule has 2 atom stereocenters. The number of nitrogens with one attached hydrogen (secondary N) is 1. The first-order valence-electron chi connectivity index (χ1n) is 6.91. The first kappa shape index (κ1) is 11.2. The van der Waals surface area contributed by atoms with Crippen LogP contribution in [0.4, 0.5) is 0 Å². The van der Waals surface area contributed by atoms with Crippen LogP contribution in [0.15, 0.2) is 30.3 Å². The average molecular weight is 230 g/mol. The number of hydrogen-bond acceptors (Lipinski definition) is 2. The van der Waals surface area contributed by atoms with E-state index in [4.69, 9.17) is 0 Å². The van der Waals surface area contributed by atoms with E-state index in [1.807, 2.05) is 0 Å². The molecule has 2 heteroatoms. The minimum atomic E-state index is 0.520. The van der Waals surface area contributed by atoms with Crippen LogP contribution in [-0.2, 0) is 0 Å². The summed E-state index contributed by atoms with van der Waals surface area (Å²) in [6.07, 6.45) is 2.89. The molecule has 1 aliphatic carbocycles. The number of rotatable bonds is 3. The summed E-state index contributed by atoms with van der Waals surface area (Å²) >= 11 is 0. The van der Waals surface area contributed by atoms with Crippen LogP contribution in [-0.4, -0.2) is 30.6 Å². The van der Waals surface area contributed by atoms with Crippen molar-refractivity contribution in [1.29, 1.82) is 0 Å². The Labute approximate surface area is 104 Å². The Balaban J connectivity index is 1.70. The SMILES string of the molecule is CCN1CC(c2ccccc2)NCC1C1CC1. The Morgan fingerprint density at radius 3 is 2.65 bits per heavy atom. The van der Waals surface area contributed by atoms with Gasteiger partial charge in [-0.2, -0.15) is 0 Å². The molecule has 1 N–H and O–H groups in total. The number of likely N-dealkylation sites (N-methyl/N-ethyl adjacent to an activating group) is 1. The molecule has 3 rings (SSSR count). The fourth-order valence-corrected chi connectivity index (χ4v) is 3.04. The first-order chi connectivity index (χ1) is 8.38. The molecule has 0 radical (unpaired) electrons. The van der Waals surface area contributed by atoms with Gasteiger partial charge in [0.05, 0.1) is 0 Å². The average Bonchev–Trinajstić information content (AvgIpc) is 3.23. The zero-order valence-electron chi connectivity index (χ0n) is 10.6. The van der Waals surface area contributed by atoms with E-state index >= 15 is 0 Å². The van der Waals surface area contributed by atoms with Gasteiger partial charge in [0.25, 0.3) is 0 Å². The number of hydrogen-bond donors (Lipinski definition) is 1. The summed E-state index contributed by atoms with van der Waals surface area (Å²) in [7, 11) is 0. The van der Waals surface area contributed by atoms with Gasteiger partial charge in [-0.1, -0.05) is 37.3 Å². The minimum Gasteiger partial charge on any atom is -0.307 e. The van der Waals surface area contributed by atoms with Crippen molar-refractivity contribution in [2.24, 2.45) is 5.92 Å². The Bertz CT molecular complexity index is 358. The Morgan fingerprint density at radius 1 is 1.24 bits per heavy atom. The second-order valence-corrected chi connectivity index (χ2v) is 5.36. The van der Waals surface area contributed by atoms with E-state index in [2.05, 4.69) is 47.5 Å². The third kappa shape index (κ3) is 2.38. The van der Waals surface area contributed by atoms with Crippen molar-refractivity contribution in [1.82, 2.24) is 10.2 Å². The van der Waals surface area contributed by atoms with Crippen LogP contribution in [0.5, 0.6) is 0 Å². The number of nitrogens with zero attached hydrogens (tertiary/aromatic N) is 1. The quantitative estimate of drug-likeness (QED) is 0.858. The number of piperazine rings is 1. The molecule has 1 aliphatic heterocycles. The summed E-state index contributed by atoms with van der Waals surface area (Å²) in [6, 6.07) is 12.2. The highest BCUT2D eigenvalue weighted by Gasteiger charge is 2.38. The highest BCUT2D eigenvalue weighted by molar-refractivity contribution is 5.20.